The van der Waals surface area contributed by atoms with Crippen molar-refractivity contribution in [2.45, 2.75) is 0 Å². The first-order valence-electron chi connectivity index (χ1n) is 4.98. The van der Waals surface area contributed by atoms with Gasteiger partial charge in [0, 0.05) is 11.1 Å². The monoisotopic (exact) mass is 214 g/mol. The molecule has 0 unspecified atom stereocenters. The Labute approximate surface area is 93.5 Å². The van der Waals surface area contributed by atoms with Gasteiger partial charge in [0.15, 0.2) is 0 Å². The molecule has 0 atom stereocenters. The molecule has 2 aromatic carbocycles. The quantitative estimate of drug-likeness (QED) is 0.756. The second-order valence-corrected chi connectivity index (χ2v) is 3.41. The molecule has 16 heavy (non-hydrogen) atoms. The summed E-state index contributed by atoms with van der Waals surface area (Å²) in [5.41, 5.74) is 1.18. The molecule has 0 aliphatic rings. The third-order valence-electron chi connectivity index (χ3n) is 2.28. The Morgan fingerprint density at radius 2 is 1.38 bits per heavy atom. The predicted octanol–water partition coefficient (Wildman–Crippen LogP) is 3.70. The minimum atomic E-state index is -0.269. The molecule has 0 saturated heterocycles. The lowest BCUT2D eigenvalue weighted by Crippen LogP contribution is -1.79. The van der Waals surface area contributed by atoms with Gasteiger partial charge in [0.25, 0.3) is 0 Å². The van der Waals surface area contributed by atoms with Crippen molar-refractivity contribution >= 4 is 12.2 Å². The summed E-state index contributed by atoms with van der Waals surface area (Å²) in [5, 5.41) is 9.51. The van der Waals surface area contributed by atoms with Gasteiger partial charge < -0.3 is 5.11 Å². The molecular weight excluding hydrogens is 203 g/mol. The van der Waals surface area contributed by atoms with Crippen LogP contribution in [0.15, 0.2) is 48.5 Å². The molecule has 0 aliphatic carbocycles. The molecule has 0 amide bonds. The zero-order valence-electron chi connectivity index (χ0n) is 8.60. The number of halogens is 1. The Hall–Kier alpha value is -2.09. The summed E-state index contributed by atoms with van der Waals surface area (Å²) < 4.78 is 13.3. The van der Waals surface area contributed by atoms with E-state index < -0.39 is 0 Å². The van der Waals surface area contributed by atoms with Crippen molar-refractivity contribution in [3.05, 3.63) is 65.5 Å². The summed E-state index contributed by atoms with van der Waals surface area (Å²) in [5.74, 6) is -0.0794. The van der Waals surface area contributed by atoms with E-state index in [2.05, 4.69) is 0 Å². The Morgan fingerprint density at radius 3 is 2.06 bits per heavy atom. The van der Waals surface area contributed by atoms with E-state index in [0.717, 1.165) is 0 Å². The highest BCUT2D eigenvalue weighted by atomic mass is 19.1. The largest absolute Gasteiger partial charge is 0.507 e. The van der Waals surface area contributed by atoms with Crippen molar-refractivity contribution < 1.29 is 9.50 Å². The number of phenolic OH excluding ortho intramolecular Hbond substituents is 1. The van der Waals surface area contributed by atoms with Gasteiger partial charge in [0.1, 0.15) is 11.6 Å². The molecule has 80 valence electrons. The SMILES string of the molecule is Oc1ccccc1C=Cc1ccccc1F. The van der Waals surface area contributed by atoms with Gasteiger partial charge in [-0.25, -0.2) is 4.39 Å². The van der Waals surface area contributed by atoms with Crippen LogP contribution < -0.4 is 0 Å². The van der Waals surface area contributed by atoms with Crippen LogP contribution in [0.25, 0.3) is 12.2 Å². The van der Waals surface area contributed by atoms with Gasteiger partial charge in [-0.3, -0.25) is 0 Å². The fourth-order valence-corrected chi connectivity index (χ4v) is 1.42. The third kappa shape index (κ3) is 2.28. The number of benzene rings is 2. The summed E-state index contributed by atoms with van der Waals surface area (Å²) in [4.78, 5) is 0. The van der Waals surface area contributed by atoms with E-state index in [1.54, 1.807) is 48.6 Å². The molecule has 0 fully saturated rings. The Morgan fingerprint density at radius 1 is 0.812 bits per heavy atom. The van der Waals surface area contributed by atoms with Gasteiger partial charge in [0.2, 0.25) is 0 Å². The number of hydrogen-bond donors (Lipinski definition) is 1. The van der Waals surface area contributed by atoms with E-state index >= 15 is 0 Å². The zero-order valence-corrected chi connectivity index (χ0v) is 8.60. The average molecular weight is 214 g/mol. The Bertz CT molecular complexity index is 470. The maximum absolute atomic E-state index is 13.3. The van der Waals surface area contributed by atoms with Crippen LogP contribution in [0.3, 0.4) is 0 Å². The van der Waals surface area contributed by atoms with E-state index in [1.165, 1.54) is 6.07 Å². The Kier molecular flexibility index (Phi) is 3.01. The molecule has 0 radical (unpaired) electrons. The standard InChI is InChI=1S/C14H11FO/c15-13-7-3-1-5-11(13)9-10-12-6-2-4-8-14(12)16/h1-10,16H. The molecule has 2 aromatic rings. The van der Waals surface area contributed by atoms with Crippen LogP contribution in [0.5, 0.6) is 5.75 Å². The summed E-state index contributed by atoms with van der Waals surface area (Å²) in [7, 11) is 0. The molecule has 0 bridgehead atoms. The lowest BCUT2D eigenvalue weighted by atomic mass is 10.1. The topological polar surface area (TPSA) is 20.2 Å². The van der Waals surface area contributed by atoms with Gasteiger partial charge in [-0.15, -0.1) is 0 Å². The fourth-order valence-electron chi connectivity index (χ4n) is 1.42. The van der Waals surface area contributed by atoms with E-state index in [9.17, 15) is 9.50 Å². The van der Waals surface area contributed by atoms with Crippen molar-refractivity contribution in [2.24, 2.45) is 0 Å². The second-order valence-electron chi connectivity index (χ2n) is 3.41. The van der Waals surface area contributed by atoms with Crippen LogP contribution >= 0.6 is 0 Å². The van der Waals surface area contributed by atoms with Gasteiger partial charge in [0.05, 0.1) is 0 Å². The molecule has 0 heterocycles. The van der Waals surface area contributed by atoms with Crippen LogP contribution in [0.1, 0.15) is 11.1 Å². The molecule has 0 spiro atoms. The first kappa shape index (κ1) is 10.4. The second kappa shape index (κ2) is 4.62. The van der Waals surface area contributed by atoms with Gasteiger partial charge in [-0.05, 0) is 12.1 Å². The lowest BCUT2D eigenvalue weighted by molar-refractivity contribution is 0.474. The van der Waals surface area contributed by atoms with E-state index in [0.29, 0.717) is 11.1 Å². The number of aromatic hydroxyl groups is 1. The average Bonchev–Trinajstić information content (AvgIpc) is 2.30. The van der Waals surface area contributed by atoms with Crippen LogP contribution in [0.2, 0.25) is 0 Å². The number of para-hydroxylation sites is 1. The minimum Gasteiger partial charge on any atom is -0.507 e. The maximum Gasteiger partial charge on any atom is 0.130 e. The van der Waals surface area contributed by atoms with Gasteiger partial charge >= 0.3 is 0 Å². The number of phenols is 1. The molecule has 0 aromatic heterocycles. The minimum absolute atomic E-state index is 0.190. The summed E-state index contributed by atoms with van der Waals surface area (Å²) in [6, 6.07) is 13.4. The van der Waals surface area contributed by atoms with E-state index in [4.69, 9.17) is 0 Å². The number of hydrogen-bond acceptors (Lipinski definition) is 1. The molecule has 1 N–H and O–H groups in total. The van der Waals surface area contributed by atoms with Gasteiger partial charge in [-0.2, -0.15) is 0 Å². The van der Waals surface area contributed by atoms with Crippen LogP contribution in [0, 0.1) is 5.82 Å². The molecule has 2 rings (SSSR count). The Balaban J connectivity index is 2.29. The molecule has 1 nitrogen and oxygen atoms in total. The van der Waals surface area contributed by atoms with E-state index in [-0.39, 0.29) is 11.6 Å². The van der Waals surface area contributed by atoms with Crippen LogP contribution in [-0.2, 0) is 0 Å². The van der Waals surface area contributed by atoms with E-state index in [1.807, 2.05) is 6.07 Å². The normalized spacial score (nSPS) is 10.8. The van der Waals surface area contributed by atoms with Crippen molar-refractivity contribution in [3.63, 3.8) is 0 Å². The van der Waals surface area contributed by atoms with Crippen molar-refractivity contribution in [3.8, 4) is 5.75 Å². The lowest BCUT2D eigenvalue weighted by Gasteiger charge is -1.98. The molecule has 2 heteroatoms. The highest BCUT2D eigenvalue weighted by molar-refractivity contribution is 5.72. The molecular formula is C14H11FO. The van der Waals surface area contributed by atoms with Gasteiger partial charge in [-0.1, -0.05) is 48.6 Å². The maximum atomic E-state index is 13.3. The predicted molar refractivity (Wildman–Crippen MR) is 63.4 cm³/mol. The van der Waals surface area contributed by atoms with Crippen LogP contribution in [0.4, 0.5) is 4.39 Å². The first-order valence-corrected chi connectivity index (χ1v) is 4.98. The molecule has 0 aliphatic heterocycles. The first-order chi connectivity index (χ1) is 7.77. The molecule has 0 saturated carbocycles. The smallest absolute Gasteiger partial charge is 0.130 e. The van der Waals surface area contributed by atoms with Crippen molar-refractivity contribution in [1.82, 2.24) is 0 Å². The van der Waals surface area contributed by atoms with Crippen LogP contribution in [-0.4, -0.2) is 5.11 Å². The fraction of sp³-hybridized carbons (Fsp3) is 0. The highest BCUT2D eigenvalue weighted by Crippen LogP contribution is 2.19. The third-order valence-corrected chi connectivity index (χ3v) is 2.28. The van der Waals surface area contributed by atoms with Crippen molar-refractivity contribution in [2.75, 3.05) is 0 Å². The zero-order chi connectivity index (χ0) is 11.4. The summed E-state index contributed by atoms with van der Waals surface area (Å²) in [6.45, 7) is 0. The summed E-state index contributed by atoms with van der Waals surface area (Å²) in [6.07, 6.45) is 3.33. The summed E-state index contributed by atoms with van der Waals surface area (Å²) >= 11 is 0. The highest BCUT2D eigenvalue weighted by Gasteiger charge is 1.97. The number of rotatable bonds is 2. The van der Waals surface area contributed by atoms with Crippen molar-refractivity contribution in [1.29, 1.82) is 0 Å².